The van der Waals surface area contributed by atoms with E-state index in [-0.39, 0.29) is 18.6 Å². The van der Waals surface area contributed by atoms with E-state index in [1.165, 1.54) is 7.11 Å². The number of aliphatic hydroxyl groups excluding tert-OH is 1. The normalized spacial score (nSPS) is 12.5. The molecule has 0 fully saturated rings. The summed E-state index contributed by atoms with van der Waals surface area (Å²) in [5.74, 6) is 0.872. The van der Waals surface area contributed by atoms with Gasteiger partial charge in [-0.05, 0) is 19.1 Å². The lowest BCUT2D eigenvalue weighted by atomic mass is 10.3. The van der Waals surface area contributed by atoms with Gasteiger partial charge in [-0.1, -0.05) is 0 Å². The van der Waals surface area contributed by atoms with Crippen LogP contribution < -0.4 is 5.32 Å². The van der Waals surface area contributed by atoms with Crippen LogP contribution in [0.15, 0.2) is 16.5 Å². The third-order valence-electron chi connectivity index (χ3n) is 2.01. The van der Waals surface area contributed by atoms with Crippen LogP contribution in [-0.4, -0.2) is 24.2 Å². The van der Waals surface area contributed by atoms with Gasteiger partial charge in [0.05, 0.1) is 13.7 Å². The standard InChI is InChI=1S/C10H15NO4/c1-7(10(13)14-2)11-5-8-3-4-9(6-12)15-8/h3-4,7,11-12H,5-6H2,1-2H3. The van der Waals surface area contributed by atoms with E-state index in [0.29, 0.717) is 18.1 Å². The largest absolute Gasteiger partial charge is 0.468 e. The Morgan fingerprint density at radius 1 is 1.60 bits per heavy atom. The van der Waals surface area contributed by atoms with Gasteiger partial charge in [0.15, 0.2) is 0 Å². The van der Waals surface area contributed by atoms with Crippen LogP contribution in [0.2, 0.25) is 0 Å². The fourth-order valence-electron chi connectivity index (χ4n) is 1.12. The molecule has 0 radical (unpaired) electrons. The predicted octanol–water partition coefficient (Wildman–Crippen LogP) is 0.423. The minimum atomic E-state index is -0.377. The van der Waals surface area contributed by atoms with Gasteiger partial charge in [-0.2, -0.15) is 0 Å². The molecule has 1 heterocycles. The van der Waals surface area contributed by atoms with Gasteiger partial charge in [0, 0.05) is 0 Å². The van der Waals surface area contributed by atoms with Crippen LogP contribution in [0.4, 0.5) is 0 Å². The summed E-state index contributed by atoms with van der Waals surface area (Å²) in [6, 6.07) is 3.07. The second kappa shape index (κ2) is 5.53. The zero-order valence-electron chi connectivity index (χ0n) is 8.82. The van der Waals surface area contributed by atoms with Crippen LogP contribution in [0.3, 0.4) is 0 Å². The molecule has 1 aromatic heterocycles. The van der Waals surface area contributed by atoms with Crippen molar-refractivity contribution >= 4 is 5.97 Å². The van der Waals surface area contributed by atoms with E-state index in [0.717, 1.165) is 0 Å². The quantitative estimate of drug-likeness (QED) is 0.694. The molecule has 0 saturated heterocycles. The summed E-state index contributed by atoms with van der Waals surface area (Å²) in [7, 11) is 1.34. The van der Waals surface area contributed by atoms with Crippen molar-refractivity contribution in [2.24, 2.45) is 0 Å². The Kier molecular flexibility index (Phi) is 4.33. The molecule has 15 heavy (non-hydrogen) atoms. The summed E-state index contributed by atoms with van der Waals surface area (Å²) >= 11 is 0. The number of carbonyl (C=O) groups excluding carboxylic acids is 1. The van der Waals surface area contributed by atoms with Crippen molar-refractivity contribution in [3.63, 3.8) is 0 Å². The van der Waals surface area contributed by atoms with Crippen LogP contribution in [0.1, 0.15) is 18.4 Å². The molecule has 1 unspecified atom stereocenters. The number of hydrogen-bond donors (Lipinski definition) is 2. The van der Waals surface area contributed by atoms with Crippen LogP contribution in [0, 0.1) is 0 Å². The van der Waals surface area contributed by atoms with E-state index in [1.807, 2.05) is 0 Å². The molecule has 84 valence electrons. The van der Waals surface area contributed by atoms with Crippen LogP contribution >= 0.6 is 0 Å². The minimum Gasteiger partial charge on any atom is -0.468 e. The van der Waals surface area contributed by atoms with Crippen LogP contribution in [0.5, 0.6) is 0 Å². The maximum atomic E-state index is 11.0. The van der Waals surface area contributed by atoms with E-state index in [1.54, 1.807) is 19.1 Å². The molecule has 1 rings (SSSR count). The molecule has 5 nitrogen and oxygen atoms in total. The highest BCUT2D eigenvalue weighted by molar-refractivity contribution is 5.74. The van der Waals surface area contributed by atoms with Crippen molar-refractivity contribution in [2.75, 3.05) is 7.11 Å². The number of rotatable bonds is 5. The van der Waals surface area contributed by atoms with Crippen LogP contribution in [0.25, 0.3) is 0 Å². The van der Waals surface area contributed by atoms with Crippen molar-refractivity contribution in [1.29, 1.82) is 0 Å². The number of carbonyl (C=O) groups is 1. The first-order valence-electron chi connectivity index (χ1n) is 4.67. The topological polar surface area (TPSA) is 71.7 Å². The number of esters is 1. The van der Waals surface area contributed by atoms with Gasteiger partial charge in [0.1, 0.15) is 24.2 Å². The summed E-state index contributed by atoms with van der Waals surface area (Å²) in [6.07, 6.45) is 0. The predicted molar refractivity (Wildman–Crippen MR) is 52.9 cm³/mol. The van der Waals surface area contributed by atoms with Crippen molar-refractivity contribution < 1.29 is 19.1 Å². The Morgan fingerprint density at radius 2 is 2.27 bits per heavy atom. The summed E-state index contributed by atoms with van der Waals surface area (Å²) in [4.78, 5) is 11.0. The summed E-state index contributed by atoms with van der Waals surface area (Å²) in [5, 5.41) is 11.7. The Balaban J connectivity index is 2.39. The van der Waals surface area contributed by atoms with Crippen molar-refractivity contribution in [3.8, 4) is 0 Å². The lowest BCUT2D eigenvalue weighted by Gasteiger charge is -2.09. The lowest BCUT2D eigenvalue weighted by molar-refractivity contribution is -0.142. The van der Waals surface area contributed by atoms with E-state index >= 15 is 0 Å². The highest BCUT2D eigenvalue weighted by atomic mass is 16.5. The van der Waals surface area contributed by atoms with E-state index in [4.69, 9.17) is 9.52 Å². The Morgan fingerprint density at radius 3 is 2.80 bits per heavy atom. The van der Waals surface area contributed by atoms with Gasteiger partial charge in [0.25, 0.3) is 0 Å². The molecule has 0 spiro atoms. The summed E-state index contributed by atoms with van der Waals surface area (Å²) in [6.45, 7) is 2.02. The zero-order valence-corrected chi connectivity index (χ0v) is 8.82. The zero-order chi connectivity index (χ0) is 11.3. The van der Waals surface area contributed by atoms with Gasteiger partial charge < -0.3 is 14.3 Å². The van der Waals surface area contributed by atoms with Gasteiger partial charge in [0.2, 0.25) is 0 Å². The Labute approximate surface area is 88.0 Å². The van der Waals surface area contributed by atoms with Gasteiger partial charge >= 0.3 is 5.97 Å². The molecular weight excluding hydrogens is 198 g/mol. The second-order valence-electron chi connectivity index (χ2n) is 3.15. The van der Waals surface area contributed by atoms with E-state index in [9.17, 15) is 4.79 Å². The smallest absolute Gasteiger partial charge is 0.322 e. The number of methoxy groups -OCH3 is 1. The molecule has 0 aliphatic rings. The first kappa shape index (κ1) is 11.7. The van der Waals surface area contributed by atoms with E-state index < -0.39 is 0 Å². The van der Waals surface area contributed by atoms with Crippen molar-refractivity contribution in [1.82, 2.24) is 5.32 Å². The number of hydrogen-bond acceptors (Lipinski definition) is 5. The average Bonchev–Trinajstić information content (AvgIpc) is 2.72. The highest BCUT2D eigenvalue weighted by Gasteiger charge is 2.12. The summed E-state index contributed by atoms with van der Waals surface area (Å²) < 4.78 is 9.79. The molecule has 0 aliphatic carbocycles. The fourth-order valence-corrected chi connectivity index (χ4v) is 1.12. The lowest BCUT2D eigenvalue weighted by Crippen LogP contribution is -2.34. The third kappa shape index (κ3) is 3.38. The molecule has 0 saturated carbocycles. The fraction of sp³-hybridized carbons (Fsp3) is 0.500. The summed E-state index contributed by atoms with van der Waals surface area (Å²) in [5.41, 5.74) is 0. The molecule has 1 atom stereocenters. The molecule has 2 N–H and O–H groups in total. The molecule has 0 aliphatic heterocycles. The average molecular weight is 213 g/mol. The van der Waals surface area contributed by atoms with E-state index in [2.05, 4.69) is 10.1 Å². The van der Waals surface area contributed by atoms with Crippen molar-refractivity contribution in [3.05, 3.63) is 23.7 Å². The molecular formula is C10H15NO4. The first-order chi connectivity index (χ1) is 7.17. The number of nitrogens with one attached hydrogen (secondary N) is 1. The number of furan rings is 1. The van der Waals surface area contributed by atoms with Gasteiger partial charge in [-0.25, -0.2) is 0 Å². The van der Waals surface area contributed by atoms with Gasteiger partial charge in [-0.3, -0.25) is 10.1 Å². The maximum absolute atomic E-state index is 11.0. The Hall–Kier alpha value is -1.33. The molecule has 0 amide bonds. The number of ether oxygens (including phenoxy) is 1. The maximum Gasteiger partial charge on any atom is 0.322 e. The highest BCUT2D eigenvalue weighted by Crippen LogP contribution is 2.07. The second-order valence-corrected chi connectivity index (χ2v) is 3.15. The van der Waals surface area contributed by atoms with Gasteiger partial charge in [-0.15, -0.1) is 0 Å². The van der Waals surface area contributed by atoms with Crippen LogP contribution in [-0.2, 0) is 22.7 Å². The third-order valence-corrected chi connectivity index (χ3v) is 2.01. The molecule has 5 heteroatoms. The SMILES string of the molecule is COC(=O)C(C)NCc1ccc(CO)o1. The number of aliphatic hydroxyl groups is 1. The Bertz CT molecular complexity index is 321. The van der Waals surface area contributed by atoms with Crippen molar-refractivity contribution in [2.45, 2.75) is 26.1 Å². The molecule has 0 aromatic carbocycles. The first-order valence-corrected chi connectivity index (χ1v) is 4.67. The molecule has 1 aromatic rings. The molecule has 0 bridgehead atoms. The monoisotopic (exact) mass is 213 g/mol. The minimum absolute atomic E-state index is 0.118.